The van der Waals surface area contributed by atoms with Crippen molar-refractivity contribution >= 4 is 21.6 Å². The molecule has 0 aliphatic heterocycles. The van der Waals surface area contributed by atoms with E-state index in [2.05, 4.69) is 82.4 Å². The molecule has 0 fully saturated rings. The average Bonchev–Trinajstić information content (AvgIpc) is 2.50. The van der Waals surface area contributed by atoms with Crippen molar-refractivity contribution in [3.63, 3.8) is 0 Å². The van der Waals surface area contributed by atoms with Crippen LogP contribution >= 0.6 is 15.9 Å². The molecule has 4 heteroatoms. The van der Waals surface area contributed by atoms with Crippen molar-refractivity contribution in [1.82, 2.24) is 10.3 Å². The second kappa shape index (κ2) is 7.57. The minimum absolute atomic E-state index is 0.289. The average molecular weight is 348 g/mol. The zero-order chi connectivity index (χ0) is 15.2. The summed E-state index contributed by atoms with van der Waals surface area (Å²) in [6, 6.07) is 12.8. The molecule has 1 N–H and O–H groups in total. The van der Waals surface area contributed by atoms with Gasteiger partial charge < -0.3 is 10.2 Å². The molecule has 2 rings (SSSR count). The van der Waals surface area contributed by atoms with E-state index in [-0.39, 0.29) is 6.04 Å². The van der Waals surface area contributed by atoms with Crippen molar-refractivity contribution in [2.45, 2.75) is 26.4 Å². The van der Waals surface area contributed by atoms with Crippen LogP contribution in [0.15, 0.2) is 47.1 Å². The Kier molecular flexibility index (Phi) is 5.76. The van der Waals surface area contributed by atoms with E-state index in [9.17, 15) is 0 Å². The number of hydrogen-bond acceptors (Lipinski definition) is 3. The Labute approximate surface area is 135 Å². The molecule has 3 nitrogen and oxygen atoms in total. The van der Waals surface area contributed by atoms with Crippen LogP contribution in [0.4, 0.5) is 5.69 Å². The standard InChI is InChI=1S/C17H22BrN3/c1-4-19-13(2)17-10-9-15(11-20-17)21(3)12-14-7-5-6-8-16(14)18/h5-11,13,19H,4,12H2,1-3H3. The third-order valence-corrected chi connectivity index (χ3v) is 4.30. The van der Waals surface area contributed by atoms with Crippen molar-refractivity contribution in [3.05, 3.63) is 58.3 Å². The van der Waals surface area contributed by atoms with Gasteiger partial charge in [-0.25, -0.2) is 0 Å². The van der Waals surface area contributed by atoms with Crippen LogP contribution < -0.4 is 10.2 Å². The fourth-order valence-corrected chi connectivity index (χ4v) is 2.67. The van der Waals surface area contributed by atoms with Gasteiger partial charge in [0.2, 0.25) is 0 Å². The van der Waals surface area contributed by atoms with E-state index < -0.39 is 0 Å². The highest BCUT2D eigenvalue weighted by Gasteiger charge is 2.08. The smallest absolute Gasteiger partial charge is 0.0572 e. The fourth-order valence-electron chi connectivity index (χ4n) is 2.26. The lowest BCUT2D eigenvalue weighted by Crippen LogP contribution is -2.20. The van der Waals surface area contributed by atoms with E-state index >= 15 is 0 Å². The van der Waals surface area contributed by atoms with Gasteiger partial charge in [-0.05, 0) is 37.2 Å². The van der Waals surface area contributed by atoms with Crippen molar-refractivity contribution in [2.75, 3.05) is 18.5 Å². The number of nitrogens with one attached hydrogen (secondary N) is 1. The molecular formula is C17H22BrN3. The van der Waals surface area contributed by atoms with Gasteiger partial charge in [0.25, 0.3) is 0 Å². The first-order valence-electron chi connectivity index (χ1n) is 7.25. The van der Waals surface area contributed by atoms with Crippen LogP contribution in [0.3, 0.4) is 0 Å². The summed E-state index contributed by atoms with van der Waals surface area (Å²) in [4.78, 5) is 6.77. The van der Waals surface area contributed by atoms with Crippen molar-refractivity contribution in [3.8, 4) is 0 Å². The molecule has 0 saturated heterocycles. The van der Waals surface area contributed by atoms with E-state index in [4.69, 9.17) is 0 Å². The molecule has 0 amide bonds. The molecule has 1 aromatic carbocycles. The second-order valence-corrected chi connectivity index (χ2v) is 6.02. The summed E-state index contributed by atoms with van der Waals surface area (Å²) in [6.45, 7) is 6.05. The Morgan fingerprint density at radius 1 is 1.24 bits per heavy atom. The summed E-state index contributed by atoms with van der Waals surface area (Å²) in [5, 5.41) is 3.38. The van der Waals surface area contributed by atoms with Crippen molar-refractivity contribution < 1.29 is 0 Å². The molecule has 0 spiro atoms. The number of hydrogen-bond donors (Lipinski definition) is 1. The molecule has 21 heavy (non-hydrogen) atoms. The molecule has 0 radical (unpaired) electrons. The molecule has 1 aromatic heterocycles. The van der Waals surface area contributed by atoms with Crippen LogP contribution in [0.2, 0.25) is 0 Å². The first-order valence-corrected chi connectivity index (χ1v) is 8.05. The van der Waals surface area contributed by atoms with Gasteiger partial charge >= 0.3 is 0 Å². The molecule has 0 bridgehead atoms. The van der Waals surface area contributed by atoms with Crippen LogP contribution in [0, 0.1) is 0 Å². The van der Waals surface area contributed by atoms with Crippen LogP contribution in [0.5, 0.6) is 0 Å². The molecule has 1 unspecified atom stereocenters. The molecule has 0 aliphatic carbocycles. The molecule has 1 atom stereocenters. The predicted molar refractivity (Wildman–Crippen MR) is 92.6 cm³/mol. The second-order valence-electron chi connectivity index (χ2n) is 5.17. The normalized spacial score (nSPS) is 12.2. The third-order valence-electron chi connectivity index (χ3n) is 3.53. The van der Waals surface area contributed by atoms with E-state index in [0.29, 0.717) is 0 Å². The SMILES string of the molecule is CCNC(C)c1ccc(N(C)Cc2ccccc2Br)cn1. The number of pyridine rings is 1. The number of benzene rings is 1. The number of nitrogens with zero attached hydrogens (tertiary/aromatic N) is 2. The molecule has 1 heterocycles. The van der Waals surface area contributed by atoms with E-state index in [1.54, 1.807) is 0 Å². The lowest BCUT2D eigenvalue weighted by Gasteiger charge is -2.20. The summed E-state index contributed by atoms with van der Waals surface area (Å²) in [6.07, 6.45) is 1.94. The first-order chi connectivity index (χ1) is 10.1. The monoisotopic (exact) mass is 347 g/mol. The fraction of sp³-hybridized carbons (Fsp3) is 0.353. The number of halogens is 1. The van der Waals surface area contributed by atoms with Gasteiger partial charge in [-0.1, -0.05) is 41.1 Å². The molecular weight excluding hydrogens is 326 g/mol. The summed E-state index contributed by atoms with van der Waals surface area (Å²) in [5.41, 5.74) is 3.47. The van der Waals surface area contributed by atoms with Gasteiger partial charge in [0.05, 0.1) is 17.6 Å². The largest absolute Gasteiger partial charge is 0.369 e. The summed E-state index contributed by atoms with van der Waals surface area (Å²) in [5.74, 6) is 0. The maximum Gasteiger partial charge on any atom is 0.0572 e. The minimum atomic E-state index is 0.289. The van der Waals surface area contributed by atoms with Gasteiger partial charge in [-0.15, -0.1) is 0 Å². The highest BCUT2D eigenvalue weighted by molar-refractivity contribution is 9.10. The van der Waals surface area contributed by atoms with Crippen LogP contribution in [0.25, 0.3) is 0 Å². The van der Waals surface area contributed by atoms with Gasteiger partial charge in [-0.3, -0.25) is 4.98 Å². The molecule has 0 aliphatic rings. The van der Waals surface area contributed by atoms with Crippen molar-refractivity contribution in [1.29, 1.82) is 0 Å². The molecule has 0 saturated carbocycles. The predicted octanol–water partition coefficient (Wildman–Crippen LogP) is 4.15. The quantitative estimate of drug-likeness (QED) is 0.850. The molecule has 112 valence electrons. The Hall–Kier alpha value is -1.39. The maximum absolute atomic E-state index is 4.57. The Morgan fingerprint density at radius 3 is 2.62 bits per heavy atom. The molecule has 2 aromatic rings. The first kappa shape index (κ1) is 16.0. The lowest BCUT2D eigenvalue weighted by atomic mass is 10.2. The number of rotatable bonds is 6. The highest BCUT2D eigenvalue weighted by atomic mass is 79.9. The Morgan fingerprint density at radius 2 is 2.00 bits per heavy atom. The number of anilines is 1. The topological polar surface area (TPSA) is 28.2 Å². The Bertz CT molecular complexity index is 569. The Balaban J connectivity index is 2.06. The summed E-state index contributed by atoms with van der Waals surface area (Å²) >= 11 is 3.59. The van der Waals surface area contributed by atoms with Gasteiger partial charge in [0.1, 0.15) is 0 Å². The van der Waals surface area contributed by atoms with Crippen molar-refractivity contribution in [2.24, 2.45) is 0 Å². The maximum atomic E-state index is 4.57. The van der Waals surface area contributed by atoms with Gasteiger partial charge in [0, 0.05) is 24.1 Å². The summed E-state index contributed by atoms with van der Waals surface area (Å²) in [7, 11) is 2.09. The minimum Gasteiger partial charge on any atom is -0.369 e. The van der Waals surface area contributed by atoms with Crippen LogP contribution in [0.1, 0.15) is 31.1 Å². The number of aromatic nitrogens is 1. The van der Waals surface area contributed by atoms with Gasteiger partial charge in [-0.2, -0.15) is 0 Å². The van der Waals surface area contributed by atoms with E-state index in [0.717, 1.165) is 28.9 Å². The summed E-state index contributed by atoms with van der Waals surface area (Å²) < 4.78 is 1.14. The lowest BCUT2D eigenvalue weighted by molar-refractivity contribution is 0.583. The van der Waals surface area contributed by atoms with Crippen LogP contribution in [-0.4, -0.2) is 18.6 Å². The van der Waals surface area contributed by atoms with E-state index in [1.807, 2.05) is 12.3 Å². The van der Waals surface area contributed by atoms with E-state index in [1.165, 1.54) is 5.56 Å². The zero-order valence-corrected chi connectivity index (χ0v) is 14.4. The highest BCUT2D eigenvalue weighted by Crippen LogP contribution is 2.21. The van der Waals surface area contributed by atoms with Gasteiger partial charge in [0.15, 0.2) is 0 Å². The van der Waals surface area contributed by atoms with Crippen LogP contribution in [-0.2, 0) is 6.54 Å². The third kappa shape index (κ3) is 4.29. The zero-order valence-electron chi connectivity index (χ0n) is 12.8.